The summed E-state index contributed by atoms with van der Waals surface area (Å²) in [7, 11) is 0. The quantitative estimate of drug-likeness (QED) is 0.635. The lowest BCUT2D eigenvalue weighted by Gasteiger charge is -2.17. The molecule has 1 aliphatic heterocycles. The molecule has 0 bridgehead atoms. The first-order valence-corrected chi connectivity index (χ1v) is 6.25. The van der Waals surface area contributed by atoms with Gasteiger partial charge in [-0.05, 0) is 44.0 Å². The Morgan fingerprint density at radius 1 is 1.32 bits per heavy atom. The molecule has 1 aromatic carbocycles. The molecule has 1 fully saturated rings. The van der Waals surface area contributed by atoms with E-state index in [0.717, 1.165) is 0 Å². The van der Waals surface area contributed by atoms with Crippen LogP contribution in [-0.2, 0) is 9.53 Å². The predicted octanol–water partition coefficient (Wildman–Crippen LogP) is 2.82. The number of hydrogen-bond acceptors (Lipinski definition) is 4. The highest BCUT2D eigenvalue weighted by molar-refractivity contribution is 5.73. The molecular formula is C15H18O4. The molecule has 2 N–H and O–H groups in total. The van der Waals surface area contributed by atoms with Gasteiger partial charge in [-0.1, -0.05) is 6.08 Å². The van der Waals surface area contributed by atoms with Gasteiger partial charge in [-0.15, -0.1) is 0 Å². The highest BCUT2D eigenvalue weighted by atomic mass is 16.6. The third-order valence-corrected chi connectivity index (χ3v) is 3.66. The Kier molecular flexibility index (Phi) is 3.27. The zero-order valence-electron chi connectivity index (χ0n) is 11.4. The van der Waals surface area contributed by atoms with Crippen LogP contribution in [0, 0.1) is 13.8 Å². The Balaban J connectivity index is 2.32. The number of phenolic OH excluding ortho intramolecular Hbond substituents is 2. The van der Waals surface area contributed by atoms with Gasteiger partial charge in [0.2, 0.25) is 0 Å². The van der Waals surface area contributed by atoms with Crippen molar-refractivity contribution in [2.24, 2.45) is 0 Å². The Hall–Kier alpha value is -1.97. The molecule has 1 saturated heterocycles. The molecule has 1 aromatic rings. The van der Waals surface area contributed by atoms with Crippen LogP contribution in [0.25, 0.3) is 6.08 Å². The molecule has 19 heavy (non-hydrogen) atoms. The van der Waals surface area contributed by atoms with Crippen molar-refractivity contribution in [2.75, 3.05) is 0 Å². The van der Waals surface area contributed by atoms with E-state index in [2.05, 4.69) is 0 Å². The van der Waals surface area contributed by atoms with Crippen molar-refractivity contribution in [2.45, 2.75) is 39.2 Å². The number of phenols is 2. The van der Waals surface area contributed by atoms with E-state index in [4.69, 9.17) is 4.74 Å². The number of rotatable bonds is 2. The summed E-state index contributed by atoms with van der Waals surface area (Å²) in [5.74, 6) is 0.0716. The van der Waals surface area contributed by atoms with Gasteiger partial charge in [0, 0.05) is 18.4 Å². The first-order chi connectivity index (χ1) is 8.82. The minimum atomic E-state index is -0.627. The van der Waals surface area contributed by atoms with Crippen molar-refractivity contribution in [1.29, 1.82) is 0 Å². The SMILES string of the molecule is Cc1c(O)cc(C=C[C@]2(C)CCC(=O)O2)c(O)c1C. The van der Waals surface area contributed by atoms with Gasteiger partial charge < -0.3 is 14.9 Å². The van der Waals surface area contributed by atoms with Crippen LogP contribution in [0.15, 0.2) is 12.1 Å². The second-order valence-electron chi connectivity index (χ2n) is 5.20. The van der Waals surface area contributed by atoms with Crippen LogP contribution in [0.4, 0.5) is 0 Å². The largest absolute Gasteiger partial charge is 0.508 e. The number of esters is 1. The Morgan fingerprint density at radius 3 is 2.58 bits per heavy atom. The van der Waals surface area contributed by atoms with Gasteiger partial charge in [-0.2, -0.15) is 0 Å². The molecule has 0 saturated carbocycles. The fourth-order valence-corrected chi connectivity index (χ4v) is 2.13. The van der Waals surface area contributed by atoms with Crippen LogP contribution >= 0.6 is 0 Å². The first kappa shape index (κ1) is 13.5. The average Bonchev–Trinajstić information content (AvgIpc) is 2.70. The van der Waals surface area contributed by atoms with Gasteiger partial charge in [-0.25, -0.2) is 0 Å². The van der Waals surface area contributed by atoms with Crippen LogP contribution in [0.5, 0.6) is 11.5 Å². The predicted molar refractivity (Wildman–Crippen MR) is 72.0 cm³/mol. The van der Waals surface area contributed by atoms with E-state index in [0.29, 0.717) is 29.5 Å². The van der Waals surface area contributed by atoms with Crippen LogP contribution in [-0.4, -0.2) is 21.8 Å². The summed E-state index contributed by atoms with van der Waals surface area (Å²) in [6.07, 6.45) is 4.46. The number of benzene rings is 1. The molecule has 1 atom stereocenters. The van der Waals surface area contributed by atoms with Gasteiger partial charge in [0.1, 0.15) is 17.1 Å². The topological polar surface area (TPSA) is 66.8 Å². The van der Waals surface area contributed by atoms with Crippen LogP contribution in [0.3, 0.4) is 0 Å². The number of carbonyl (C=O) groups is 1. The van der Waals surface area contributed by atoms with Gasteiger partial charge in [-0.3, -0.25) is 4.79 Å². The highest BCUT2D eigenvalue weighted by Gasteiger charge is 2.33. The monoisotopic (exact) mass is 262 g/mol. The summed E-state index contributed by atoms with van der Waals surface area (Å²) in [4.78, 5) is 11.1. The lowest BCUT2D eigenvalue weighted by atomic mass is 9.98. The smallest absolute Gasteiger partial charge is 0.306 e. The third-order valence-electron chi connectivity index (χ3n) is 3.66. The van der Waals surface area contributed by atoms with Crippen LogP contribution < -0.4 is 0 Å². The molecule has 1 aliphatic rings. The molecule has 1 heterocycles. The van der Waals surface area contributed by atoms with Crippen molar-refractivity contribution < 1.29 is 19.7 Å². The molecule has 0 aromatic heterocycles. The molecule has 4 heteroatoms. The second kappa shape index (κ2) is 4.61. The van der Waals surface area contributed by atoms with Crippen LogP contribution in [0.2, 0.25) is 0 Å². The van der Waals surface area contributed by atoms with Crippen molar-refractivity contribution in [3.63, 3.8) is 0 Å². The third kappa shape index (κ3) is 2.57. The second-order valence-corrected chi connectivity index (χ2v) is 5.20. The minimum absolute atomic E-state index is 0.138. The Labute approximate surface area is 112 Å². The number of aromatic hydroxyl groups is 2. The molecule has 0 amide bonds. The van der Waals surface area contributed by atoms with Gasteiger partial charge in [0.25, 0.3) is 0 Å². The number of ether oxygens (including phenoxy) is 1. The average molecular weight is 262 g/mol. The number of carbonyl (C=O) groups excluding carboxylic acids is 1. The minimum Gasteiger partial charge on any atom is -0.508 e. The van der Waals surface area contributed by atoms with Crippen molar-refractivity contribution in [3.8, 4) is 11.5 Å². The molecule has 4 nitrogen and oxygen atoms in total. The van der Waals surface area contributed by atoms with E-state index in [1.54, 1.807) is 26.0 Å². The summed E-state index contributed by atoms with van der Waals surface area (Å²) in [5, 5.41) is 19.8. The van der Waals surface area contributed by atoms with Crippen molar-refractivity contribution in [3.05, 3.63) is 28.8 Å². The first-order valence-electron chi connectivity index (χ1n) is 6.25. The van der Waals surface area contributed by atoms with E-state index in [9.17, 15) is 15.0 Å². The van der Waals surface area contributed by atoms with E-state index in [1.165, 1.54) is 6.07 Å². The zero-order chi connectivity index (χ0) is 14.2. The van der Waals surface area contributed by atoms with Gasteiger partial charge in [0.05, 0.1) is 0 Å². The zero-order valence-corrected chi connectivity index (χ0v) is 11.4. The fourth-order valence-electron chi connectivity index (χ4n) is 2.13. The summed E-state index contributed by atoms with van der Waals surface area (Å²) < 4.78 is 5.22. The molecule has 0 spiro atoms. The van der Waals surface area contributed by atoms with E-state index >= 15 is 0 Å². The summed E-state index contributed by atoms with van der Waals surface area (Å²) in [6, 6.07) is 1.51. The van der Waals surface area contributed by atoms with E-state index in [1.807, 2.05) is 6.92 Å². The molecule has 2 rings (SSSR count). The van der Waals surface area contributed by atoms with E-state index < -0.39 is 5.60 Å². The number of cyclic esters (lactones) is 1. The van der Waals surface area contributed by atoms with Crippen molar-refractivity contribution in [1.82, 2.24) is 0 Å². The maximum atomic E-state index is 11.1. The fraction of sp³-hybridized carbons (Fsp3) is 0.400. The molecular weight excluding hydrogens is 244 g/mol. The lowest BCUT2D eigenvalue weighted by molar-refractivity contribution is -0.144. The lowest BCUT2D eigenvalue weighted by Crippen LogP contribution is -2.19. The number of hydrogen-bond donors (Lipinski definition) is 2. The normalized spacial score (nSPS) is 23.0. The molecule has 0 unspecified atom stereocenters. The Bertz CT molecular complexity index is 560. The molecule has 0 radical (unpaired) electrons. The van der Waals surface area contributed by atoms with E-state index in [-0.39, 0.29) is 17.5 Å². The highest BCUT2D eigenvalue weighted by Crippen LogP contribution is 2.34. The maximum absolute atomic E-state index is 11.1. The summed E-state index contributed by atoms with van der Waals surface area (Å²) in [6.45, 7) is 5.32. The van der Waals surface area contributed by atoms with Gasteiger partial charge in [0.15, 0.2) is 0 Å². The van der Waals surface area contributed by atoms with Gasteiger partial charge >= 0.3 is 5.97 Å². The summed E-state index contributed by atoms with van der Waals surface area (Å²) in [5.41, 5.74) is 1.20. The van der Waals surface area contributed by atoms with Crippen LogP contribution in [0.1, 0.15) is 36.5 Å². The summed E-state index contributed by atoms with van der Waals surface area (Å²) >= 11 is 0. The standard InChI is InChI=1S/C15H18O4/c1-9-10(2)14(18)11(8-12(9)16)4-6-15(3)7-5-13(17)19-15/h4,6,8,16,18H,5,7H2,1-3H3/t15-/m1/s1. The maximum Gasteiger partial charge on any atom is 0.306 e. The van der Waals surface area contributed by atoms with Crippen molar-refractivity contribution >= 4 is 12.0 Å². The Morgan fingerprint density at radius 2 is 2.00 bits per heavy atom. The molecule has 102 valence electrons. The molecule has 0 aliphatic carbocycles.